The molecule has 6 aromatic rings. The topological polar surface area (TPSA) is 108 Å². The number of hydrogen-bond donors (Lipinski definition) is 1. The number of unbranched alkanes of at least 4 members (excludes halogenated alkanes) is 2. The van der Waals surface area contributed by atoms with E-state index in [4.69, 9.17) is 14.2 Å². The summed E-state index contributed by atoms with van der Waals surface area (Å²) in [5, 5.41) is 7.00. The Morgan fingerprint density at radius 1 is 0.382 bits per heavy atom. The Balaban J connectivity index is 0.00000864. The minimum atomic E-state index is -2.03. The first kappa shape index (κ1) is 53.1. The van der Waals surface area contributed by atoms with Crippen molar-refractivity contribution < 1.29 is 50.4 Å². The molecule has 0 fully saturated rings. The Bertz CT molecular complexity index is 2130. The number of hydrogen-bond acceptors (Lipinski definition) is 7. The molecule has 0 aliphatic heterocycles. The molecule has 356 valence electrons. The lowest BCUT2D eigenvalue weighted by Gasteiger charge is -2.33. The molecule has 8 nitrogen and oxygen atoms in total. The molecule has 0 bridgehead atoms. The van der Waals surface area contributed by atoms with Gasteiger partial charge in [0.2, 0.25) is 5.91 Å². The molecule has 1 amide bonds. The number of amides is 1. The van der Waals surface area contributed by atoms with Gasteiger partial charge in [-0.3, -0.25) is 19.2 Å². The van der Waals surface area contributed by atoms with E-state index in [1.54, 1.807) is 0 Å². The summed E-state index contributed by atoms with van der Waals surface area (Å²) in [6, 6.07) is 62.0. The van der Waals surface area contributed by atoms with Gasteiger partial charge in [0.15, 0.2) is 0 Å². The molecule has 0 spiro atoms. The van der Waals surface area contributed by atoms with E-state index in [2.05, 4.69) is 96.3 Å². The maximum Gasteiger partial charge on any atom is 0.305 e. The van der Waals surface area contributed by atoms with Crippen molar-refractivity contribution >= 4 is 47.0 Å². The van der Waals surface area contributed by atoms with Gasteiger partial charge in [-0.25, -0.2) is 0 Å². The molecule has 1 N–H and O–H groups in total. The lowest BCUT2D eigenvalue weighted by atomic mass is 10.0. The lowest BCUT2D eigenvalue weighted by molar-refractivity contribution is -0.159. The fraction of sp³-hybridized carbons (Fsp3) is 0.310. The van der Waals surface area contributed by atoms with E-state index in [-0.39, 0.29) is 68.4 Å². The van der Waals surface area contributed by atoms with Crippen LogP contribution in [0.25, 0.3) is 0 Å². The fourth-order valence-corrected chi connectivity index (χ4v) is 12.8. The maximum atomic E-state index is 14.1. The van der Waals surface area contributed by atoms with Crippen molar-refractivity contribution in [3.63, 3.8) is 0 Å². The number of carbonyl (C=O) groups is 4. The highest BCUT2D eigenvalue weighted by atomic mass is 79.9. The zero-order chi connectivity index (χ0) is 46.8. The van der Waals surface area contributed by atoms with Crippen LogP contribution >= 0.6 is 7.26 Å². The quantitative estimate of drug-likeness (QED) is 0.0242. The molecule has 0 unspecified atom stereocenters. The lowest BCUT2D eigenvalue weighted by Crippen LogP contribution is -3.00. The number of carbonyl (C=O) groups excluding carboxylic acids is 4. The molecule has 0 saturated heterocycles. The standard InChI is InChI=1S/C58H64NO7P.BrH/c60-54(40-20-7-21-44-67(51-34-14-4-15-35-51,52-36-16-5-17-37-52)53-38-18-6-19-39-53)59-58(45-64-55(61)41-22-31-48-25-8-1-9-26-48,46-65-56(62)42-23-32-49-27-10-2-11-28-49)47-66-57(63)43-24-33-50-29-12-3-13-30-50;/h1-6,8-19,25-30,34-39H,7,20-24,31-33,40-47H2;1H. The summed E-state index contributed by atoms with van der Waals surface area (Å²) in [7, 11) is -2.03. The number of ether oxygens (including phenoxy) is 3. The Morgan fingerprint density at radius 2 is 0.691 bits per heavy atom. The molecule has 6 rings (SSSR count). The van der Waals surface area contributed by atoms with Gasteiger partial charge < -0.3 is 36.5 Å². The number of benzene rings is 6. The molecule has 0 radical (unpaired) electrons. The second kappa shape index (κ2) is 29.1. The molecule has 0 aromatic heterocycles. The molecule has 10 heteroatoms. The van der Waals surface area contributed by atoms with Gasteiger partial charge in [-0.05, 0) is 111 Å². The first-order valence-electron chi connectivity index (χ1n) is 23.8. The van der Waals surface area contributed by atoms with Gasteiger partial charge in [-0.15, -0.1) is 0 Å². The Hall–Kier alpha value is -5.89. The smallest absolute Gasteiger partial charge is 0.305 e. The molecule has 0 aliphatic rings. The normalized spacial score (nSPS) is 11.2. The predicted molar refractivity (Wildman–Crippen MR) is 270 cm³/mol. The summed E-state index contributed by atoms with van der Waals surface area (Å²) >= 11 is 0. The fourth-order valence-electron chi connectivity index (χ4n) is 8.40. The van der Waals surface area contributed by atoms with Crippen molar-refractivity contribution in [2.24, 2.45) is 0 Å². The van der Waals surface area contributed by atoms with Crippen LogP contribution in [-0.2, 0) is 52.7 Å². The van der Waals surface area contributed by atoms with Gasteiger partial charge in [0.05, 0.1) is 6.16 Å². The maximum absolute atomic E-state index is 14.1. The summed E-state index contributed by atoms with van der Waals surface area (Å²) in [4.78, 5) is 53.9. The molecule has 6 aromatic carbocycles. The SMILES string of the molecule is O=C(CCCCC[P+](c1ccccc1)(c1ccccc1)c1ccccc1)NC(COC(=O)CCCc1ccccc1)(COC(=O)CCCc1ccccc1)COC(=O)CCCc1ccccc1.[Br-]. The van der Waals surface area contributed by atoms with Gasteiger partial charge in [0.1, 0.15) is 48.5 Å². The van der Waals surface area contributed by atoms with Crippen molar-refractivity contribution in [3.05, 3.63) is 199 Å². The second-order valence-electron chi connectivity index (χ2n) is 17.2. The zero-order valence-corrected chi connectivity index (χ0v) is 41.5. The number of rotatable bonds is 28. The number of halogens is 1. The monoisotopic (exact) mass is 997 g/mol. The van der Waals surface area contributed by atoms with E-state index in [0.29, 0.717) is 44.9 Å². The predicted octanol–water partition coefficient (Wildman–Crippen LogP) is 7.10. The summed E-state index contributed by atoms with van der Waals surface area (Å²) in [6.07, 6.45) is 7.62. The summed E-state index contributed by atoms with van der Waals surface area (Å²) < 4.78 is 17.6. The van der Waals surface area contributed by atoms with Crippen LogP contribution in [0.2, 0.25) is 0 Å². The average Bonchev–Trinajstić information content (AvgIpc) is 3.37. The van der Waals surface area contributed by atoms with Gasteiger partial charge in [-0.1, -0.05) is 146 Å². The van der Waals surface area contributed by atoms with Crippen molar-refractivity contribution in [2.75, 3.05) is 26.0 Å². The van der Waals surface area contributed by atoms with Gasteiger partial charge in [0, 0.05) is 25.7 Å². The molecule has 68 heavy (non-hydrogen) atoms. The van der Waals surface area contributed by atoms with Crippen LogP contribution in [0.4, 0.5) is 0 Å². The molecule has 0 saturated carbocycles. The van der Waals surface area contributed by atoms with Crippen molar-refractivity contribution in [2.45, 2.75) is 89.0 Å². The number of nitrogens with one attached hydrogen (secondary N) is 1. The van der Waals surface area contributed by atoms with E-state index < -0.39 is 30.7 Å². The molecular weight excluding hydrogens is 934 g/mol. The van der Waals surface area contributed by atoms with Gasteiger partial charge in [-0.2, -0.15) is 0 Å². The highest BCUT2D eigenvalue weighted by molar-refractivity contribution is 7.95. The summed E-state index contributed by atoms with van der Waals surface area (Å²) in [5.74, 6) is -1.68. The van der Waals surface area contributed by atoms with E-state index in [9.17, 15) is 19.2 Å². The summed E-state index contributed by atoms with van der Waals surface area (Å²) in [5.41, 5.74) is 1.83. The van der Waals surface area contributed by atoms with Gasteiger partial charge >= 0.3 is 17.9 Å². The third-order valence-corrected chi connectivity index (χ3v) is 16.5. The number of esters is 3. The minimum absolute atomic E-state index is 0. The molecule has 0 atom stereocenters. The highest BCUT2D eigenvalue weighted by Gasteiger charge is 2.44. The van der Waals surface area contributed by atoms with Crippen LogP contribution < -0.4 is 38.2 Å². The van der Waals surface area contributed by atoms with Crippen molar-refractivity contribution in [3.8, 4) is 0 Å². The Morgan fingerprint density at radius 3 is 1.01 bits per heavy atom. The van der Waals surface area contributed by atoms with Crippen LogP contribution in [0, 0.1) is 0 Å². The zero-order valence-electron chi connectivity index (χ0n) is 39.0. The molecule has 0 aliphatic carbocycles. The third kappa shape index (κ3) is 17.3. The highest BCUT2D eigenvalue weighted by Crippen LogP contribution is 2.56. The van der Waals surface area contributed by atoms with Crippen LogP contribution in [0.15, 0.2) is 182 Å². The van der Waals surface area contributed by atoms with Gasteiger partial charge in [0.25, 0.3) is 0 Å². The van der Waals surface area contributed by atoms with Crippen molar-refractivity contribution in [1.82, 2.24) is 5.32 Å². The first-order chi connectivity index (χ1) is 32.8. The van der Waals surface area contributed by atoms with E-state index >= 15 is 0 Å². The summed E-state index contributed by atoms with van der Waals surface area (Å²) in [6.45, 7) is -1.01. The van der Waals surface area contributed by atoms with Crippen LogP contribution in [0.1, 0.15) is 80.9 Å². The third-order valence-electron chi connectivity index (χ3n) is 12.0. The van der Waals surface area contributed by atoms with Crippen molar-refractivity contribution in [1.29, 1.82) is 0 Å². The van der Waals surface area contributed by atoms with Crippen LogP contribution in [0.5, 0.6) is 0 Å². The van der Waals surface area contributed by atoms with Crippen LogP contribution in [0.3, 0.4) is 0 Å². The average molecular weight is 999 g/mol. The molecular formula is C58H65BrNO7P. The number of aryl methyl sites for hydroxylation is 3. The van der Waals surface area contributed by atoms with E-state index in [1.165, 1.54) is 15.9 Å². The van der Waals surface area contributed by atoms with E-state index in [0.717, 1.165) is 35.7 Å². The minimum Gasteiger partial charge on any atom is -1.00 e. The molecule has 0 heterocycles. The Labute approximate surface area is 414 Å². The van der Waals surface area contributed by atoms with Crippen LogP contribution in [-0.4, -0.2) is 55.3 Å². The first-order valence-corrected chi connectivity index (χ1v) is 25.8. The largest absolute Gasteiger partial charge is 1.00 e. The second-order valence-corrected chi connectivity index (χ2v) is 20.8. The van der Waals surface area contributed by atoms with E-state index in [1.807, 2.05) is 91.0 Å². The Kier molecular flexibility index (Phi) is 22.7.